The Hall–Kier alpha value is -2.48. The third kappa shape index (κ3) is 3.87. The number of hydrogen-bond donors (Lipinski definition) is 1. The van der Waals surface area contributed by atoms with E-state index >= 15 is 0 Å². The standard InChI is InChI=1S/C20H28N6O2/c1-24-17-16(7-4-8-21-17)23-18(20(24)28)26-12-5-6-15(14-26)19(27)22-9-13-25-10-2-3-11-25/h4,7-8,15H,2-3,5-6,9-14H2,1H3,(H,22,27). The van der Waals surface area contributed by atoms with E-state index < -0.39 is 0 Å². The predicted molar refractivity (Wildman–Crippen MR) is 108 cm³/mol. The lowest BCUT2D eigenvalue weighted by atomic mass is 9.97. The van der Waals surface area contributed by atoms with Crippen molar-refractivity contribution in [3.8, 4) is 0 Å². The maximum absolute atomic E-state index is 12.8. The Balaban J connectivity index is 1.43. The monoisotopic (exact) mass is 384 g/mol. The van der Waals surface area contributed by atoms with E-state index in [9.17, 15) is 9.59 Å². The number of pyridine rings is 1. The van der Waals surface area contributed by atoms with Crippen LogP contribution in [0.1, 0.15) is 25.7 Å². The van der Waals surface area contributed by atoms with Gasteiger partial charge >= 0.3 is 0 Å². The highest BCUT2D eigenvalue weighted by atomic mass is 16.2. The van der Waals surface area contributed by atoms with Crippen molar-refractivity contribution >= 4 is 22.9 Å². The number of piperidine rings is 1. The van der Waals surface area contributed by atoms with Crippen LogP contribution >= 0.6 is 0 Å². The molecule has 0 aromatic carbocycles. The number of amides is 1. The first kappa shape index (κ1) is 18.9. The SMILES string of the molecule is Cn1c(=O)c(N2CCCC(C(=O)NCCN3CCCC3)C2)nc2cccnc21. The normalized spacial score (nSPS) is 20.6. The van der Waals surface area contributed by atoms with Crippen molar-refractivity contribution in [1.82, 2.24) is 24.8 Å². The number of aryl methyl sites for hydroxylation is 1. The molecular weight excluding hydrogens is 356 g/mol. The molecule has 1 atom stereocenters. The van der Waals surface area contributed by atoms with Gasteiger partial charge in [-0.05, 0) is 50.9 Å². The summed E-state index contributed by atoms with van der Waals surface area (Å²) in [4.78, 5) is 38.6. The van der Waals surface area contributed by atoms with Crippen LogP contribution in [0.15, 0.2) is 23.1 Å². The summed E-state index contributed by atoms with van der Waals surface area (Å²) >= 11 is 0. The quantitative estimate of drug-likeness (QED) is 0.819. The molecule has 1 N–H and O–H groups in total. The van der Waals surface area contributed by atoms with Gasteiger partial charge in [0.1, 0.15) is 5.52 Å². The van der Waals surface area contributed by atoms with Crippen LogP contribution in [0, 0.1) is 5.92 Å². The minimum atomic E-state index is -0.165. The number of carbonyl (C=O) groups excluding carboxylic acids is 1. The van der Waals surface area contributed by atoms with Crippen LogP contribution in [-0.2, 0) is 11.8 Å². The van der Waals surface area contributed by atoms with E-state index in [2.05, 4.69) is 20.2 Å². The number of fused-ring (bicyclic) bond motifs is 1. The Kier molecular flexibility index (Phi) is 5.57. The molecule has 1 amide bonds. The van der Waals surface area contributed by atoms with Crippen LogP contribution in [0.4, 0.5) is 5.82 Å². The highest BCUT2D eigenvalue weighted by molar-refractivity contribution is 5.79. The molecule has 2 aromatic heterocycles. The zero-order valence-corrected chi connectivity index (χ0v) is 16.4. The fourth-order valence-corrected chi connectivity index (χ4v) is 4.22. The molecule has 0 spiro atoms. The Morgan fingerprint density at radius 3 is 2.89 bits per heavy atom. The van der Waals surface area contributed by atoms with Crippen LogP contribution in [-0.4, -0.2) is 64.6 Å². The predicted octanol–water partition coefficient (Wildman–Crippen LogP) is 0.757. The van der Waals surface area contributed by atoms with Gasteiger partial charge in [-0.15, -0.1) is 0 Å². The smallest absolute Gasteiger partial charge is 0.294 e. The minimum Gasteiger partial charge on any atom is -0.355 e. The van der Waals surface area contributed by atoms with Crippen molar-refractivity contribution in [2.24, 2.45) is 13.0 Å². The molecule has 2 fully saturated rings. The van der Waals surface area contributed by atoms with Gasteiger partial charge in [0.05, 0.1) is 5.92 Å². The number of hydrogen-bond acceptors (Lipinski definition) is 6. The Bertz CT molecular complexity index is 905. The molecule has 2 saturated heterocycles. The van der Waals surface area contributed by atoms with Gasteiger partial charge in [0, 0.05) is 39.4 Å². The van der Waals surface area contributed by atoms with Crippen molar-refractivity contribution in [2.45, 2.75) is 25.7 Å². The first-order chi connectivity index (χ1) is 13.6. The Morgan fingerprint density at radius 1 is 1.25 bits per heavy atom. The summed E-state index contributed by atoms with van der Waals surface area (Å²) in [6.45, 7) is 5.16. The summed E-state index contributed by atoms with van der Waals surface area (Å²) in [6.07, 6.45) is 5.90. The van der Waals surface area contributed by atoms with E-state index in [1.54, 1.807) is 13.2 Å². The second kappa shape index (κ2) is 8.26. The van der Waals surface area contributed by atoms with E-state index in [-0.39, 0.29) is 17.4 Å². The average Bonchev–Trinajstić information content (AvgIpc) is 3.24. The number of rotatable bonds is 5. The van der Waals surface area contributed by atoms with Crippen LogP contribution in [0.2, 0.25) is 0 Å². The third-order valence-electron chi connectivity index (χ3n) is 5.82. The molecule has 150 valence electrons. The van der Waals surface area contributed by atoms with Crippen molar-refractivity contribution in [3.63, 3.8) is 0 Å². The number of carbonyl (C=O) groups is 1. The molecule has 0 bridgehead atoms. The maximum atomic E-state index is 12.8. The van der Waals surface area contributed by atoms with Crippen LogP contribution in [0.25, 0.3) is 11.2 Å². The van der Waals surface area contributed by atoms with Crippen LogP contribution < -0.4 is 15.8 Å². The summed E-state index contributed by atoms with van der Waals surface area (Å²) in [5.74, 6) is 0.393. The lowest BCUT2D eigenvalue weighted by Gasteiger charge is -2.32. The molecule has 8 nitrogen and oxygen atoms in total. The van der Waals surface area contributed by atoms with Gasteiger partial charge < -0.3 is 15.1 Å². The fourth-order valence-electron chi connectivity index (χ4n) is 4.22. The van der Waals surface area contributed by atoms with Crippen molar-refractivity contribution in [1.29, 1.82) is 0 Å². The molecule has 1 unspecified atom stereocenters. The van der Waals surface area contributed by atoms with Crippen LogP contribution in [0.3, 0.4) is 0 Å². The van der Waals surface area contributed by atoms with Gasteiger partial charge in [-0.2, -0.15) is 0 Å². The highest BCUT2D eigenvalue weighted by Crippen LogP contribution is 2.21. The van der Waals surface area contributed by atoms with E-state index in [0.717, 1.165) is 39.0 Å². The first-order valence-electron chi connectivity index (χ1n) is 10.2. The average molecular weight is 384 g/mol. The van der Waals surface area contributed by atoms with Crippen LogP contribution in [0.5, 0.6) is 0 Å². The number of likely N-dealkylation sites (tertiary alicyclic amines) is 1. The molecule has 2 aliphatic heterocycles. The summed E-state index contributed by atoms with van der Waals surface area (Å²) in [5, 5.41) is 3.09. The van der Waals surface area contributed by atoms with Gasteiger partial charge in [-0.1, -0.05) is 0 Å². The number of nitrogens with zero attached hydrogens (tertiary/aromatic N) is 5. The van der Waals surface area contributed by atoms with E-state index in [0.29, 0.717) is 30.1 Å². The highest BCUT2D eigenvalue weighted by Gasteiger charge is 2.28. The van der Waals surface area contributed by atoms with Gasteiger partial charge in [-0.25, -0.2) is 9.97 Å². The molecule has 4 rings (SSSR count). The summed E-state index contributed by atoms with van der Waals surface area (Å²) < 4.78 is 1.54. The molecular formula is C20H28N6O2. The molecule has 2 aromatic rings. The summed E-state index contributed by atoms with van der Waals surface area (Å²) in [7, 11) is 1.72. The molecule has 28 heavy (non-hydrogen) atoms. The largest absolute Gasteiger partial charge is 0.355 e. The third-order valence-corrected chi connectivity index (χ3v) is 5.82. The second-order valence-corrected chi connectivity index (χ2v) is 7.77. The Morgan fingerprint density at radius 2 is 2.07 bits per heavy atom. The van der Waals surface area contributed by atoms with E-state index in [1.807, 2.05) is 17.0 Å². The number of aromatic nitrogens is 3. The van der Waals surface area contributed by atoms with E-state index in [1.165, 1.54) is 17.4 Å². The van der Waals surface area contributed by atoms with E-state index in [4.69, 9.17) is 0 Å². The van der Waals surface area contributed by atoms with Gasteiger partial charge in [-0.3, -0.25) is 14.2 Å². The summed E-state index contributed by atoms with van der Waals surface area (Å²) in [5.41, 5.74) is 1.10. The Labute approximate surface area is 164 Å². The minimum absolute atomic E-state index is 0.0863. The first-order valence-corrected chi connectivity index (χ1v) is 10.2. The number of anilines is 1. The number of nitrogens with one attached hydrogen (secondary N) is 1. The molecule has 0 radical (unpaired) electrons. The lowest BCUT2D eigenvalue weighted by Crippen LogP contribution is -2.46. The van der Waals surface area contributed by atoms with Crippen molar-refractivity contribution in [2.75, 3.05) is 44.2 Å². The molecule has 0 aliphatic carbocycles. The zero-order chi connectivity index (χ0) is 19.5. The van der Waals surface area contributed by atoms with Crippen molar-refractivity contribution < 1.29 is 4.79 Å². The maximum Gasteiger partial charge on any atom is 0.294 e. The van der Waals surface area contributed by atoms with Gasteiger partial charge in [0.15, 0.2) is 11.5 Å². The van der Waals surface area contributed by atoms with Gasteiger partial charge in [0.2, 0.25) is 5.91 Å². The second-order valence-electron chi connectivity index (χ2n) is 7.77. The lowest BCUT2D eigenvalue weighted by molar-refractivity contribution is -0.125. The molecule has 0 saturated carbocycles. The van der Waals surface area contributed by atoms with Crippen molar-refractivity contribution in [3.05, 3.63) is 28.7 Å². The molecule has 2 aliphatic rings. The topological polar surface area (TPSA) is 83.4 Å². The molecule has 4 heterocycles. The molecule has 8 heteroatoms. The fraction of sp³-hybridized carbons (Fsp3) is 0.600. The van der Waals surface area contributed by atoms with Gasteiger partial charge in [0.25, 0.3) is 5.56 Å². The summed E-state index contributed by atoms with van der Waals surface area (Å²) in [6, 6.07) is 3.67. The zero-order valence-electron chi connectivity index (χ0n) is 16.4.